The van der Waals surface area contributed by atoms with Crippen LogP contribution < -0.4 is 16.0 Å². The molecule has 3 amide bonds. The van der Waals surface area contributed by atoms with E-state index < -0.39 is 5.66 Å². The Bertz CT molecular complexity index is 1230. The highest BCUT2D eigenvalue weighted by Crippen LogP contribution is 2.37. The van der Waals surface area contributed by atoms with Crippen molar-refractivity contribution in [2.75, 3.05) is 19.6 Å². The molecule has 0 saturated carbocycles. The number of rotatable bonds is 4. The van der Waals surface area contributed by atoms with Crippen molar-refractivity contribution >= 4 is 47.4 Å². The molecule has 8 nitrogen and oxygen atoms in total. The van der Waals surface area contributed by atoms with Gasteiger partial charge in [0.1, 0.15) is 0 Å². The van der Waals surface area contributed by atoms with Gasteiger partial charge in [0.05, 0.1) is 29.7 Å². The maximum atomic E-state index is 13.6. The Labute approximate surface area is 214 Å². The fraction of sp³-hybridized carbons (Fsp3) is 0.480. The van der Waals surface area contributed by atoms with Gasteiger partial charge in [-0.2, -0.15) is 0 Å². The number of hydrogen-bond acceptors (Lipinski definition) is 5. The first-order chi connectivity index (χ1) is 16.8. The lowest BCUT2D eigenvalue weighted by Gasteiger charge is -2.45. The van der Waals surface area contributed by atoms with Crippen molar-refractivity contribution in [3.8, 4) is 0 Å². The normalized spacial score (nSPS) is 21.3. The summed E-state index contributed by atoms with van der Waals surface area (Å²) >= 11 is 12.9. The Balaban J connectivity index is 1.35. The van der Waals surface area contributed by atoms with Crippen molar-refractivity contribution in [3.05, 3.63) is 50.6 Å². The lowest BCUT2D eigenvalue weighted by Crippen LogP contribution is -2.60. The molecule has 3 aliphatic heterocycles. The van der Waals surface area contributed by atoms with Crippen LogP contribution >= 0.6 is 23.2 Å². The molecular weight excluding hydrogens is 489 g/mol. The Morgan fingerprint density at radius 3 is 2.66 bits per heavy atom. The summed E-state index contributed by atoms with van der Waals surface area (Å²) in [4.78, 5) is 32.2. The standard InChI is InChI=1S/C25H29Cl2N5O3/c1-16(2)12-21-23(33)32(15-18-19(26)4-3-5-20(18)27)25(29-21)7-10-30(11-8-25)24(34)31-9-6-22-17(14-31)13-28-35-22/h3-6,13-14,16,21,29H,7-12,15H2,1-2H3. The van der Waals surface area contributed by atoms with E-state index in [9.17, 15) is 9.59 Å². The van der Waals surface area contributed by atoms with E-state index in [2.05, 4.69) is 24.3 Å². The second-order valence-electron chi connectivity index (χ2n) is 9.88. The second-order valence-corrected chi connectivity index (χ2v) is 10.7. The summed E-state index contributed by atoms with van der Waals surface area (Å²) in [6, 6.07) is 5.06. The van der Waals surface area contributed by atoms with Crippen molar-refractivity contribution < 1.29 is 14.1 Å². The maximum Gasteiger partial charge on any atom is 0.324 e. The van der Waals surface area contributed by atoms with E-state index in [0.29, 0.717) is 60.4 Å². The molecule has 2 fully saturated rings. The Morgan fingerprint density at radius 2 is 1.97 bits per heavy atom. The van der Waals surface area contributed by atoms with Gasteiger partial charge in [-0.05, 0) is 30.5 Å². The van der Waals surface area contributed by atoms with Crippen LogP contribution in [0.1, 0.15) is 38.7 Å². The van der Waals surface area contributed by atoms with Gasteiger partial charge in [-0.3, -0.25) is 15.0 Å². The molecule has 1 spiro atoms. The maximum absolute atomic E-state index is 13.6. The van der Waals surface area contributed by atoms with E-state index in [1.165, 1.54) is 0 Å². The highest BCUT2D eigenvalue weighted by Gasteiger charge is 2.52. The molecule has 10 heteroatoms. The number of carbonyl (C=O) groups excluding carboxylic acids is 2. The number of likely N-dealkylation sites (tertiary alicyclic amines) is 1. The first-order valence-corrected chi connectivity index (χ1v) is 12.7. The number of benzene rings is 1. The third-order valence-corrected chi connectivity index (χ3v) is 7.82. The van der Waals surface area contributed by atoms with Crippen LogP contribution in [0.4, 0.5) is 4.79 Å². The largest absolute Gasteiger partial charge is 0.357 e. The molecule has 5 rings (SSSR count). The molecule has 1 atom stereocenters. The summed E-state index contributed by atoms with van der Waals surface area (Å²) in [6.45, 7) is 6.06. The summed E-state index contributed by atoms with van der Waals surface area (Å²) in [7, 11) is 0. The van der Waals surface area contributed by atoms with Crippen LogP contribution in [0.5, 0.6) is 0 Å². The predicted octanol–water partition coefficient (Wildman–Crippen LogP) is 2.77. The molecule has 2 saturated heterocycles. The average molecular weight is 518 g/mol. The predicted molar refractivity (Wildman–Crippen MR) is 134 cm³/mol. The number of halogens is 2. The molecule has 1 unspecified atom stereocenters. The number of nitrogens with zero attached hydrogens (tertiary/aromatic N) is 4. The molecule has 1 aromatic carbocycles. The SMILES string of the molecule is CC(C)CC1NC2(CCN(C(=O)N3C=c4cnoc4=CC3)CC2)N(Cc2c(Cl)cccc2Cl)C1=O. The molecule has 0 aliphatic carbocycles. The van der Waals surface area contributed by atoms with Crippen LogP contribution in [-0.4, -0.2) is 63.1 Å². The summed E-state index contributed by atoms with van der Waals surface area (Å²) in [5, 5.41) is 9.33. The molecule has 1 aromatic heterocycles. The monoisotopic (exact) mass is 517 g/mol. The number of fused-ring (bicyclic) bond motifs is 1. The van der Waals surface area contributed by atoms with Gasteiger partial charge in [-0.15, -0.1) is 0 Å². The number of carbonyl (C=O) groups is 2. The number of amides is 3. The minimum absolute atomic E-state index is 0.0632. The summed E-state index contributed by atoms with van der Waals surface area (Å²) < 4.78 is 5.16. The van der Waals surface area contributed by atoms with E-state index in [-0.39, 0.29) is 18.0 Å². The number of aromatic nitrogens is 1. The van der Waals surface area contributed by atoms with Gasteiger partial charge in [0, 0.05) is 54.3 Å². The zero-order valence-corrected chi connectivity index (χ0v) is 21.3. The zero-order valence-electron chi connectivity index (χ0n) is 19.8. The average Bonchev–Trinajstić information content (AvgIpc) is 3.39. The molecule has 3 aliphatic rings. The van der Waals surface area contributed by atoms with E-state index in [1.807, 2.05) is 15.9 Å². The summed E-state index contributed by atoms with van der Waals surface area (Å²) in [6.07, 6.45) is 7.23. The van der Waals surface area contributed by atoms with Crippen LogP contribution in [0.2, 0.25) is 10.0 Å². The third-order valence-electron chi connectivity index (χ3n) is 7.11. The molecular formula is C25H29Cl2N5O3. The first-order valence-electron chi connectivity index (χ1n) is 12.0. The third kappa shape index (κ3) is 4.55. The lowest BCUT2D eigenvalue weighted by molar-refractivity contribution is -0.134. The topological polar surface area (TPSA) is 81.9 Å². The fourth-order valence-corrected chi connectivity index (χ4v) is 5.79. The van der Waals surface area contributed by atoms with Crippen molar-refractivity contribution in [1.29, 1.82) is 0 Å². The smallest absolute Gasteiger partial charge is 0.324 e. The fourth-order valence-electron chi connectivity index (χ4n) is 5.27. The van der Waals surface area contributed by atoms with Crippen molar-refractivity contribution in [2.45, 2.75) is 51.4 Å². The quantitative estimate of drug-likeness (QED) is 0.674. The van der Waals surface area contributed by atoms with Crippen molar-refractivity contribution in [3.63, 3.8) is 0 Å². The molecule has 0 bridgehead atoms. The number of nitrogens with one attached hydrogen (secondary N) is 1. The highest BCUT2D eigenvalue weighted by molar-refractivity contribution is 6.36. The van der Waals surface area contributed by atoms with Crippen LogP contribution in [0.25, 0.3) is 12.3 Å². The molecule has 4 heterocycles. The van der Waals surface area contributed by atoms with Crippen LogP contribution in [0.3, 0.4) is 0 Å². The van der Waals surface area contributed by atoms with Gasteiger partial charge >= 0.3 is 6.03 Å². The van der Waals surface area contributed by atoms with E-state index in [1.54, 1.807) is 35.5 Å². The molecule has 35 heavy (non-hydrogen) atoms. The van der Waals surface area contributed by atoms with Gasteiger partial charge in [0.25, 0.3) is 0 Å². The Hall–Kier alpha value is -2.55. The van der Waals surface area contributed by atoms with Gasteiger partial charge in [-0.25, -0.2) is 4.79 Å². The molecule has 1 N–H and O–H groups in total. The Kier molecular flexibility index (Phi) is 6.55. The number of urea groups is 1. The number of hydrogen-bond donors (Lipinski definition) is 1. The molecule has 2 aromatic rings. The van der Waals surface area contributed by atoms with Gasteiger partial charge in [-0.1, -0.05) is 48.3 Å². The van der Waals surface area contributed by atoms with Crippen LogP contribution in [-0.2, 0) is 11.3 Å². The van der Waals surface area contributed by atoms with Gasteiger partial charge in [0.15, 0.2) is 5.42 Å². The minimum atomic E-state index is -0.546. The molecule has 186 valence electrons. The van der Waals surface area contributed by atoms with Gasteiger partial charge in [0.2, 0.25) is 5.91 Å². The van der Waals surface area contributed by atoms with E-state index in [0.717, 1.165) is 17.2 Å². The Morgan fingerprint density at radius 1 is 1.26 bits per heavy atom. The summed E-state index contributed by atoms with van der Waals surface area (Å²) in [5.41, 5.74) is 0.886. The van der Waals surface area contributed by atoms with Crippen molar-refractivity contribution in [2.24, 2.45) is 5.92 Å². The minimum Gasteiger partial charge on any atom is -0.357 e. The van der Waals surface area contributed by atoms with Crippen LogP contribution in [0.15, 0.2) is 28.9 Å². The zero-order chi connectivity index (χ0) is 24.7. The number of piperidine rings is 1. The van der Waals surface area contributed by atoms with Gasteiger partial charge < -0.3 is 14.3 Å². The first kappa shape index (κ1) is 24.2. The van der Waals surface area contributed by atoms with Crippen LogP contribution in [0, 0.1) is 5.92 Å². The second kappa shape index (κ2) is 9.48. The van der Waals surface area contributed by atoms with E-state index >= 15 is 0 Å². The highest BCUT2D eigenvalue weighted by atomic mass is 35.5. The van der Waals surface area contributed by atoms with E-state index in [4.69, 9.17) is 27.7 Å². The molecule has 0 radical (unpaired) electrons. The van der Waals surface area contributed by atoms with Crippen molar-refractivity contribution in [1.82, 2.24) is 25.2 Å². The summed E-state index contributed by atoms with van der Waals surface area (Å²) in [5.74, 6) is 0.431. The lowest BCUT2D eigenvalue weighted by atomic mass is 9.95.